The van der Waals surface area contributed by atoms with Crippen molar-refractivity contribution in [3.63, 3.8) is 0 Å². The summed E-state index contributed by atoms with van der Waals surface area (Å²) < 4.78 is 10.6. The van der Waals surface area contributed by atoms with Crippen LogP contribution in [0, 0.1) is 0 Å². The molecule has 2 aromatic carbocycles. The summed E-state index contributed by atoms with van der Waals surface area (Å²) in [6, 6.07) is 7.15. The average molecular weight is 257 g/mol. The molecule has 1 aliphatic rings. The summed E-state index contributed by atoms with van der Waals surface area (Å²) in [5.74, 6) is 1.09. The van der Waals surface area contributed by atoms with Gasteiger partial charge in [-0.2, -0.15) is 0 Å². The maximum atomic E-state index is 10.1. The molecule has 0 fully saturated rings. The minimum atomic E-state index is -0.0132. The van der Waals surface area contributed by atoms with Crippen molar-refractivity contribution in [3.8, 4) is 11.5 Å². The molecule has 1 aliphatic carbocycles. The van der Waals surface area contributed by atoms with Gasteiger partial charge in [0.1, 0.15) is 22.8 Å². The van der Waals surface area contributed by atoms with Crippen LogP contribution in [0.5, 0.6) is 11.5 Å². The van der Waals surface area contributed by atoms with Crippen LogP contribution >= 0.6 is 0 Å². The maximum Gasteiger partial charge on any atom is 0.355 e. The monoisotopic (exact) mass is 257 g/mol. The van der Waals surface area contributed by atoms with Crippen LogP contribution < -0.4 is 4.74 Å². The molecule has 4 nitrogen and oxygen atoms in total. The molecule has 4 heteroatoms. The first-order valence-electron chi connectivity index (χ1n) is 5.82. The normalized spacial score (nSPS) is 13.4. The molecular formula is C15H13O4+. The molecular weight excluding hydrogens is 244 g/mol. The van der Waals surface area contributed by atoms with E-state index in [2.05, 4.69) is 0 Å². The summed E-state index contributed by atoms with van der Waals surface area (Å²) in [5, 5.41) is 11.6. The van der Waals surface area contributed by atoms with Crippen LogP contribution in [0.15, 0.2) is 30.3 Å². The van der Waals surface area contributed by atoms with Gasteiger partial charge in [-0.25, -0.2) is 0 Å². The van der Waals surface area contributed by atoms with E-state index in [0.717, 1.165) is 16.3 Å². The number of benzene rings is 2. The first-order chi connectivity index (χ1) is 9.17. The number of carbonyl (C=O) groups excluding carboxylic acids is 1. The fourth-order valence-electron chi connectivity index (χ4n) is 2.51. The summed E-state index contributed by atoms with van der Waals surface area (Å²) in [6.45, 7) is 0. The van der Waals surface area contributed by atoms with E-state index >= 15 is 0 Å². The van der Waals surface area contributed by atoms with Crippen molar-refractivity contribution in [1.82, 2.24) is 0 Å². The third-order valence-electron chi connectivity index (χ3n) is 3.33. The van der Waals surface area contributed by atoms with Gasteiger partial charge in [0.2, 0.25) is 0 Å². The van der Waals surface area contributed by atoms with Crippen LogP contribution in [0.1, 0.15) is 11.1 Å². The summed E-state index contributed by atoms with van der Waals surface area (Å²) in [5.41, 5.74) is 1.23. The van der Waals surface area contributed by atoms with Crippen molar-refractivity contribution >= 4 is 22.3 Å². The lowest BCUT2D eigenvalue weighted by atomic mass is 9.90. The quantitative estimate of drug-likeness (QED) is 0.840. The SMILES string of the molecule is COC1=CC(=[OH+])c2c(O)cc(OC)c3cccc1c23. The Morgan fingerprint density at radius 3 is 2.63 bits per heavy atom. The van der Waals surface area contributed by atoms with Gasteiger partial charge in [0.25, 0.3) is 0 Å². The second-order valence-electron chi connectivity index (χ2n) is 4.30. The highest BCUT2D eigenvalue weighted by atomic mass is 16.5. The molecule has 0 atom stereocenters. The zero-order chi connectivity index (χ0) is 13.6. The summed E-state index contributed by atoms with van der Waals surface area (Å²) in [6.07, 6.45) is 1.50. The van der Waals surface area contributed by atoms with E-state index in [1.165, 1.54) is 12.1 Å². The first-order valence-corrected chi connectivity index (χ1v) is 5.82. The van der Waals surface area contributed by atoms with E-state index in [1.54, 1.807) is 14.2 Å². The van der Waals surface area contributed by atoms with E-state index in [1.807, 2.05) is 18.2 Å². The van der Waals surface area contributed by atoms with E-state index in [-0.39, 0.29) is 11.5 Å². The number of hydrogen-bond donors (Lipinski definition) is 1. The molecule has 0 heterocycles. The van der Waals surface area contributed by atoms with Crippen molar-refractivity contribution in [1.29, 1.82) is 0 Å². The largest absolute Gasteiger partial charge is 0.507 e. The summed E-state index contributed by atoms with van der Waals surface area (Å²) >= 11 is 0. The fourth-order valence-corrected chi connectivity index (χ4v) is 2.51. The second kappa shape index (κ2) is 4.02. The Morgan fingerprint density at radius 1 is 1.16 bits per heavy atom. The molecule has 0 saturated carbocycles. The van der Waals surface area contributed by atoms with Gasteiger partial charge in [0.15, 0.2) is 0 Å². The van der Waals surface area contributed by atoms with Gasteiger partial charge in [-0.15, -0.1) is 0 Å². The van der Waals surface area contributed by atoms with Gasteiger partial charge in [-0.1, -0.05) is 18.2 Å². The number of ether oxygens (including phenoxy) is 2. The molecule has 2 aromatic rings. The first kappa shape index (κ1) is 11.6. The number of allylic oxidation sites excluding steroid dienone is 1. The van der Waals surface area contributed by atoms with Gasteiger partial charge in [-0.3, -0.25) is 4.79 Å². The summed E-state index contributed by atoms with van der Waals surface area (Å²) in [4.78, 5) is 10.1. The number of phenols is 1. The lowest BCUT2D eigenvalue weighted by molar-refractivity contribution is 0.370. The Balaban J connectivity index is 2.52. The number of hydrogen-bond acceptors (Lipinski definition) is 3. The molecule has 0 saturated heterocycles. The molecule has 2 N–H and O–H groups in total. The van der Waals surface area contributed by atoms with Gasteiger partial charge >= 0.3 is 5.78 Å². The third kappa shape index (κ3) is 1.50. The lowest BCUT2D eigenvalue weighted by Gasteiger charge is -2.17. The Bertz CT molecular complexity index is 728. The van der Waals surface area contributed by atoms with E-state index < -0.39 is 0 Å². The smallest absolute Gasteiger partial charge is 0.355 e. The highest BCUT2D eigenvalue weighted by molar-refractivity contribution is 6.23. The molecule has 3 rings (SSSR count). The number of methoxy groups -OCH3 is 2. The van der Waals surface area contributed by atoms with Crippen molar-refractivity contribution < 1.29 is 19.4 Å². The Labute approximate surface area is 109 Å². The van der Waals surface area contributed by atoms with Gasteiger partial charge in [-0.05, 0) is 0 Å². The van der Waals surface area contributed by atoms with Crippen LogP contribution in [-0.2, 0) is 4.74 Å². The van der Waals surface area contributed by atoms with Crippen LogP contribution in [0.3, 0.4) is 0 Å². The number of aromatic hydroxyl groups is 1. The van der Waals surface area contributed by atoms with Crippen molar-refractivity contribution in [2.45, 2.75) is 0 Å². The Hall–Kier alpha value is -2.49. The standard InChI is InChI=1S/C15H12O4/c1-18-12-6-10(16)15-11(17)7-13(19-2)9-5-3-4-8(12)14(9)15/h3-7,16H,1-2H3/p+1. The molecule has 0 unspecified atom stereocenters. The summed E-state index contributed by atoms with van der Waals surface area (Å²) in [7, 11) is 3.09. The van der Waals surface area contributed by atoms with Crippen molar-refractivity contribution in [2.24, 2.45) is 0 Å². The zero-order valence-electron chi connectivity index (χ0n) is 10.6. The molecule has 19 heavy (non-hydrogen) atoms. The second-order valence-corrected chi connectivity index (χ2v) is 4.30. The van der Waals surface area contributed by atoms with Gasteiger partial charge in [0.05, 0.1) is 20.3 Å². The van der Waals surface area contributed by atoms with Crippen LogP contribution in [-0.4, -0.2) is 29.9 Å². The Morgan fingerprint density at radius 2 is 1.95 bits per heavy atom. The number of rotatable bonds is 2. The molecule has 0 aromatic heterocycles. The average Bonchev–Trinajstić information content (AvgIpc) is 2.43. The van der Waals surface area contributed by atoms with E-state index in [4.69, 9.17) is 9.47 Å². The zero-order valence-corrected chi connectivity index (χ0v) is 10.6. The van der Waals surface area contributed by atoms with Gasteiger partial charge in [0, 0.05) is 22.4 Å². The molecule has 0 amide bonds. The maximum absolute atomic E-state index is 10.1. The molecule has 0 spiro atoms. The molecule has 0 radical (unpaired) electrons. The van der Waals surface area contributed by atoms with E-state index in [9.17, 15) is 9.90 Å². The van der Waals surface area contributed by atoms with Gasteiger partial charge < -0.3 is 14.6 Å². The highest BCUT2D eigenvalue weighted by Gasteiger charge is 2.29. The van der Waals surface area contributed by atoms with Crippen molar-refractivity contribution in [2.75, 3.05) is 14.2 Å². The van der Waals surface area contributed by atoms with E-state index in [0.29, 0.717) is 17.1 Å². The lowest BCUT2D eigenvalue weighted by Crippen LogP contribution is -2.08. The van der Waals surface area contributed by atoms with Crippen LogP contribution in [0.2, 0.25) is 0 Å². The molecule has 0 aliphatic heterocycles. The molecule has 0 bridgehead atoms. The van der Waals surface area contributed by atoms with Crippen LogP contribution in [0.25, 0.3) is 16.5 Å². The minimum absolute atomic E-state index is 0.0132. The predicted octanol–water partition coefficient (Wildman–Crippen LogP) is 2.45. The van der Waals surface area contributed by atoms with Crippen molar-refractivity contribution in [3.05, 3.63) is 41.5 Å². The predicted molar refractivity (Wildman–Crippen MR) is 73.2 cm³/mol. The fraction of sp³-hybridized carbons (Fsp3) is 0.133. The minimum Gasteiger partial charge on any atom is -0.507 e. The highest BCUT2D eigenvalue weighted by Crippen LogP contribution is 2.41. The number of phenolic OH excluding ortho intramolecular Hbond substituents is 1. The van der Waals surface area contributed by atoms with Crippen LogP contribution in [0.4, 0.5) is 0 Å². The third-order valence-corrected chi connectivity index (χ3v) is 3.33. The Kier molecular flexibility index (Phi) is 2.45. The molecule has 96 valence electrons. The topological polar surface area (TPSA) is 60.1 Å². The number of ketones is 1.